The summed E-state index contributed by atoms with van der Waals surface area (Å²) in [6.45, 7) is 7.36. The zero-order valence-electron chi connectivity index (χ0n) is 10.7. The van der Waals surface area contributed by atoms with Gasteiger partial charge in [0.25, 0.3) is 0 Å². The van der Waals surface area contributed by atoms with Crippen molar-refractivity contribution in [2.45, 2.75) is 31.3 Å². The highest BCUT2D eigenvalue weighted by molar-refractivity contribution is 7.86. The van der Waals surface area contributed by atoms with Crippen molar-refractivity contribution in [1.82, 2.24) is 0 Å². The lowest BCUT2D eigenvalue weighted by Crippen LogP contribution is -2.31. The summed E-state index contributed by atoms with van der Waals surface area (Å²) in [6.07, 6.45) is 0. The zero-order chi connectivity index (χ0) is 15.2. The average Bonchev–Trinajstić information content (AvgIpc) is 2.10. The quantitative estimate of drug-likeness (QED) is 0.425. The molecule has 0 bridgehead atoms. The molecule has 0 heterocycles. The Hall–Kier alpha value is 0.0538. The number of hydrogen-bond acceptors (Lipinski definition) is 4. The number of aliphatic hydroxyl groups is 1. The third-order valence-electron chi connectivity index (χ3n) is 1.97. The van der Waals surface area contributed by atoms with E-state index in [1.807, 2.05) is 0 Å². The van der Waals surface area contributed by atoms with Gasteiger partial charge in [-0.3, -0.25) is 4.55 Å². The van der Waals surface area contributed by atoms with Crippen molar-refractivity contribution in [2.75, 3.05) is 13.2 Å². The van der Waals surface area contributed by atoms with E-state index in [-0.39, 0.29) is 6.61 Å². The molecular formula is C7H19F3O5SSi2. The van der Waals surface area contributed by atoms with Crippen molar-refractivity contribution < 1.29 is 35.7 Å². The van der Waals surface area contributed by atoms with Crippen LogP contribution in [0.2, 0.25) is 5.04 Å². The summed E-state index contributed by atoms with van der Waals surface area (Å²) < 4.78 is 63.0. The predicted octanol–water partition coefficient (Wildman–Crippen LogP) is -0.225. The fourth-order valence-electron chi connectivity index (χ4n) is 0.479. The molecule has 0 aromatic heterocycles. The van der Waals surface area contributed by atoms with E-state index in [0.29, 0.717) is 11.6 Å². The van der Waals surface area contributed by atoms with E-state index in [0.717, 1.165) is 0 Å². The molecule has 112 valence electrons. The lowest BCUT2D eigenvalue weighted by molar-refractivity contribution is -0.0510. The summed E-state index contributed by atoms with van der Waals surface area (Å²) in [6, 6.07) is 0. The summed E-state index contributed by atoms with van der Waals surface area (Å²) >= 11 is 0. The Morgan fingerprint density at radius 3 is 1.78 bits per heavy atom. The van der Waals surface area contributed by atoms with Crippen LogP contribution in [-0.4, -0.2) is 55.1 Å². The van der Waals surface area contributed by atoms with Crippen LogP contribution in [0.3, 0.4) is 0 Å². The topological polar surface area (TPSA) is 83.8 Å². The summed E-state index contributed by atoms with van der Waals surface area (Å²) in [5.41, 5.74) is -5.53. The van der Waals surface area contributed by atoms with Crippen molar-refractivity contribution >= 4 is 28.4 Å². The summed E-state index contributed by atoms with van der Waals surface area (Å²) in [4.78, 5) is 0. The molecule has 5 nitrogen and oxygen atoms in total. The summed E-state index contributed by atoms with van der Waals surface area (Å²) in [7, 11) is -5.60. The van der Waals surface area contributed by atoms with E-state index >= 15 is 0 Å². The van der Waals surface area contributed by atoms with E-state index in [4.69, 9.17) is 22.5 Å². The first-order valence-electron chi connectivity index (χ1n) is 4.99. The van der Waals surface area contributed by atoms with Crippen LogP contribution in [0.15, 0.2) is 0 Å². The Morgan fingerprint density at radius 2 is 1.61 bits per heavy atom. The maximum Gasteiger partial charge on any atom is 0.522 e. The monoisotopic (exact) mass is 328 g/mol. The molecule has 0 saturated heterocycles. The third kappa shape index (κ3) is 10.0. The second kappa shape index (κ2) is 7.60. The summed E-state index contributed by atoms with van der Waals surface area (Å²) in [5, 5.41) is 8.87. The number of alkyl halides is 3. The molecule has 0 aliphatic rings. The molecule has 0 amide bonds. The second-order valence-corrected chi connectivity index (χ2v) is 12.4. The van der Waals surface area contributed by atoms with Crippen LogP contribution < -0.4 is 0 Å². The molecule has 0 radical (unpaired) electrons. The Kier molecular flexibility index (Phi) is 8.60. The van der Waals surface area contributed by atoms with Gasteiger partial charge in [-0.2, -0.15) is 21.6 Å². The Balaban J connectivity index is 0. The van der Waals surface area contributed by atoms with Gasteiger partial charge in [0.15, 0.2) is 8.56 Å². The molecule has 0 fully saturated rings. The van der Waals surface area contributed by atoms with Gasteiger partial charge >= 0.3 is 15.6 Å². The fraction of sp³-hybridized carbons (Fsp3) is 1.00. The smallest absolute Gasteiger partial charge is 0.422 e. The van der Waals surface area contributed by atoms with Gasteiger partial charge in [-0.1, -0.05) is 20.8 Å². The molecule has 0 aromatic rings. The van der Waals surface area contributed by atoms with Crippen LogP contribution in [0.4, 0.5) is 13.2 Å². The molecule has 2 N–H and O–H groups in total. The maximum absolute atomic E-state index is 10.7. The highest BCUT2D eigenvalue weighted by Crippen LogP contribution is 2.24. The molecule has 0 spiro atoms. The average molecular weight is 328 g/mol. The summed E-state index contributed by atoms with van der Waals surface area (Å²) in [5.74, 6) is 0. The lowest BCUT2D eigenvalue weighted by atomic mass is 10.3. The van der Waals surface area contributed by atoms with E-state index in [9.17, 15) is 13.2 Å². The minimum Gasteiger partial charge on any atom is -0.422 e. The molecule has 0 aliphatic heterocycles. The van der Waals surface area contributed by atoms with Crippen LogP contribution in [0.5, 0.6) is 0 Å². The van der Waals surface area contributed by atoms with Gasteiger partial charge in [0.2, 0.25) is 0 Å². The van der Waals surface area contributed by atoms with Crippen LogP contribution in [0.1, 0.15) is 20.8 Å². The van der Waals surface area contributed by atoms with Gasteiger partial charge < -0.3 is 9.53 Å². The third-order valence-corrected chi connectivity index (χ3v) is 11.9. The van der Waals surface area contributed by atoms with Crippen molar-refractivity contribution in [1.29, 1.82) is 0 Å². The number of aliphatic hydroxyl groups excluding tert-OH is 1. The molecule has 18 heavy (non-hydrogen) atoms. The zero-order valence-corrected chi connectivity index (χ0v) is 14.6. The van der Waals surface area contributed by atoms with Crippen molar-refractivity contribution in [3.8, 4) is 0 Å². The Labute approximate surface area is 109 Å². The number of hydrogen-bond donors (Lipinski definition) is 2. The molecular weight excluding hydrogens is 309 g/mol. The number of rotatable bonds is 3. The van der Waals surface area contributed by atoms with Gasteiger partial charge in [0.05, 0.1) is 13.2 Å². The molecule has 11 heteroatoms. The molecule has 1 atom stereocenters. The van der Waals surface area contributed by atoms with Gasteiger partial charge in [-0.15, -0.1) is 0 Å². The molecule has 0 saturated carbocycles. The van der Waals surface area contributed by atoms with Crippen LogP contribution in [0, 0.1) is 0 Å². The minimum absolute atomic E-state index is 0.168. The first-order chi connectivity index (χ1) is 7.73. The predicted molar refractivity (Wildman–Crippen MR) is 67.4 cm³/mol. The molecule has 1 unspecified atom stereocenters. The Morgan fingerprint density at radius 1 is 1.28 bits per heavy atom. The van der Waals surface area contributed by atoms with Crippen molar-refractivity contribution in [3.05, 3.63) is 0 Å². The highest BCUT2D eigenvalue weighted by Gasteiger charge is 2.44. The van der Waals surface area contributed by atoms with Crippen LogP contribution in [-0.2, 0) is 14.5 Å². The molecule has 0 aromatic carbocycles. The van der Waals surface area contributed by atoms with E-state index in [2.05, 4.69) is 20.8 Å². The van der Waals surface area contributed by atoms with E-state index < -0.39 is 24.2 Å². The fourth-order valence-corrected chi connectivity index (χ4v) is 2.15. The van der Waals surface area contributed by atoms with Gasteiger partial charge in [0, 0.05) is 9.76 Å². The maximum atomic E-state index is 10.7. The van der Waals surface area contributed by atoms with Crippen molar-refractivity contribution in [3.63, 3.8) is 0 Å². The van der Waals surface area contributed by atoms with Gasteiger partial charge in [0.1, 0.15) is 0 Å². The second-order valence-electron chi connectivity index (χ2n) is 4.52. The van der Waals surface area contributed by atoms with Gasteiger partial charge in [-0.05, 0) is 5.04 Å². The van der Waals surface area contributed by atoms with Crippen LogP contribution >= 0.6 is 0 Å². The standard InChI is InChI=1S/C6H18O2Si2.CHF3O3S/c1-6(2,3)10(9)8-5-4-7;2-1(3,4)8(5,6)7/h7,10H,4-5H2,1-3,9H3;(H,5,6,7). The molecule has 0 aliphatic carbocycles. The first kappa shape index (κ1) is 20.4. The SMILES string of the molecule is CC(C)(C)[SiH]([SiH3])OCCO.O=S(=O)(O)C(F)(F)F. The van der Waals surface area contributed by atoms with E-state index in [1.165, 1.54) is 9.76 Å². The molecule has 0 rings (SSSR count). The van der Waals surface area contributed by atoms with Crippen LogP contribution in [0.25, 0.3) is 0 Å². The van der Waals surface area contributed by atoms with Gasteiger partial charge in [-0.25, -0.2) is 0 Å². The minimum atomic E-state index is -5.84. The number of halogens is 3. The normalized spacial score (nSPS) is 14.9. The largest absolute Gasteiger partial charge is 0.522 e. The van der Waals surface area contributed by atoms with E-state index in [1.54, 1.807) is 0 Å². The lowest BCUT2D eigenvalue weighted by Gasteiger charge is -2.25. The van der Waals surface area contributed by atoms with Crippen molar-refractivity contribution in [2.24, 2.45) is 0 Å². The highest BCUT2D eigenvalue weighted by atomic mass is 32.2. The Bertz CT molecular complexity index is 325. The first-order valence-corrected chi connectivity index (χ1v) is 12.1.